The summed E-state index contributed by atoms with van der Waals surface area (Å²) in [5, 5.41) is 1.34. The zero-order chi connectivity index (χ0) is 14.7. The molecule has 0 radical (unpaired) electrons. The van der Waals surface area contributed by atoms with Gasteiger partial charge in [0.1, 0.15) is 0 Å². The van der Waals surface area contributed by atoms with E-state index in [9.17, 15) is 0 Å². The zero-order valence-electron chi connectivity index (χ0n) is 11.4. The molecule has 3 aromatic heterocycles. The largest absolute Gasteiger partial charge is 0.307 e. The van der Waals surface area contributed by atoms with Crippen molar-refractivity contribution >= 4 is 69.1 Å². The van der Waals surface area contributed by atoms with Gasteiger partial charge in [0, 0.05) is 15.8 Å². The van der Waals surface area contributed by atoms with Crippen LogP contribution in [0.15, 0.2) is 64.5 Å². The molecule has 0 aliphatic heterocycles. The maximum Gasteiger partial charge on any atom is 0.0736 e. The Morgan fingerprint density at radius 2 is 1.59 bits per heavy atom. The maximum atomic E-state index is 3.65. The Kier molecular flexibility index (Phi) is 2.74. The van der Waals surface area contributed by atoms with Crippen molar-refractivity contribution in [1.29, 1.82) is 0 Å². The summed E-state index contributed by atoms with van der Waals surface area (Å²) in [5.74, 6) is 0. The fourth-order valence-corrected chi connectivity index (χ4v) is 5.95. The number of halogens is 1. The molecule has 1 nitrogen and oxygen atoms in total. The molecule has 0 aliphatic carbocycles. The van der Waals surface area contributed by atoms with E-state index in [0.717, 1.165) is 0 Å². The van der Waals surface area contributed by atoms with Crippen LogP contribution in [0.5, 0.6) is 0 Å². The van der Waals surface area contributed by atoms with Crippen LogP contribution in [0.3, 0.4) is 0 Å². The minimum atomic E-state index is 1.18. The minimum absolute atomic E-state index is 1.18. The molecule has 3 heterocycles. The number of thiophene rings is 2. The summed E-state index contributed by atoms with van der Waals surface area (Å²) in [6.45, 7) is 0. The van der Waals surface area contributed by atoms with Crippen LogP contribution in [0.4, 0.5) is 0 Å². The van der Waals surface area contributed by atoms with E-state index in [0.29, 0.717) is 0 Å². The van der Waals surface area contributed by atoms with Gasteiger partial charge in [-0.3, -0.25) is 0 Å². The van der Waals surface area contributed by atoms with Crippen LogP contribution < -0.4 is 0 Å². The van der Waals surface area contributed by atoms with Crippen molar-refractivity contribution in [3.05, 3.63) is 64.5 Å². The number of fused-ring (bicyclic) bond motifs is 5. The van der Waals surface area contributed by atoms with Crippen molar-refractivity contribution in [2.24, 2.45) is 0 Å². The molecule has 106 valence electrons. The van der Waals surface area contributed by atoms with Crippen molar-refractivity contribution in [1.82, 2.24) is 4.57 Å². The van der Waals surface area contributed by atoms with Gasteiger partial charge in [0.05, 0.1) is 24.2 Å². The van der Waals surface area contributed by atoms with E-state index in [-0.39, 0.29) is 0 Å². The average Bonchev–Trinajstić information content (AvgIpc) is 3.17. The lowest BCUT2D eigenvalue weighted by atomic mass is 10.2. The first-order valence-corrected chi connectivity index (χ1v) is 9.42. The van der Waals surface area contributed by atoms with Crippen molar-refractivity contribution in [2.75, 3.05) is 0 Å². The topological polar surface area (TPSA) is 4.93 Å². The van der Waals surface area contributed by atoms with Gasteiger partial charge in [-0.2, -0.15) is 0 Å². The molecule has 0 unspecified atom stereocenters. The maximum absolute atomic E-state index is 3.65. The van der Waals surface area contributed by atoms with E-state index in [1.54, 1.807) is 0 Å². The van der Waals surface area contributed by atoms with E-state index in [2.05, 4.69) is 81.2 Å². The molecule has 22 heavy (non-hydrogen) atoms. The second kappa shape index (κ2) is 4.69. The molecule has 0 N–H and O–H groups in total. The molecule has 5 aromatic rings. The lowest BCUT2D eigenvalue weighted by Gasteiger charge is -2.06. The third kappa shape index (κ3) is 1.69. The van der Waals surface area contributed by atoms with Crippen LogP contribution in [0.1, 0.15) is 0 Å². The van der Waals surface area contributed by atoms with Crippen molar-refractivity contribution < 1.29 is 0 Å². The monoisotopic (exact) mass is 383 g/mol. The number of benzene rings is 2. The van der Waals surface area contributed by atoms with Gasteiger partial charge in [0.2, 0.25) is 0 Å². The molecular weight excluding hydrogens is 374 g/mol. The van der Waals surface area contributed by atoms with Gasteiger partial charge in [0.25, 0.3) is 0 Å². The predicted molar refractivity (Wildman–Crippen MR) is 102 cm³/mol. The van der Waals surface area contributed by atoms with Crippen LogP contribution in [0.25, 0.3) is 36.2 Å². The molecule has 0 atom stereocenters. The first-order chi connectivity index (χ1) is 10.8. The smallest absolute Gasteiger partial charge is 0.0736 e. The Labute approximate surface area is 143 Å². The highest BCUT2D eigenvalue weighted by atomic mass is 79.9. The quantitative estimate of drug-likeness (QED) is 0.299. The van der Waals surface area contributed by atoms with Crippen LogP contribution in [-0.4, -0.2) is 4.57 Å². The summed E-state index contributed by atoms with van der Waals surface area (Å²) >= 11 is 7.36. The molecule has 0 saturated heterocycles. The Balaban J connectivity index is 2.07. The van der Waals surface area contributed by atoms with Gasteiger partial charge in [-0.25, -0.2) is 0 Å². The number of aromatic nitrogens is 1. The van der Waals surface area contributed by atoms with Gasteiger partial charge in [-0.05, 0) is 40.2 Å². The highest BCUT2D eigenvalue weighted by Crippen LogP contribution is 2.46. The SMILES string of the molecule is Brc1cc2c(s1)c1sc3ccccc3c1n2-c1ccccc1. The Bertz CT molecular complexity index is 1130. The molecule has 0 bridgehead atoms. The first kappa shape index (κ1) is 12.9. The molecule has 0 fully saturated rings. The fraction of sp³-hybridized carbons (Fsp3) is 0. The fourth-order valence-electron chi connectivity index (χ4n) is 3.05. The summed E-state index contributed by atoms with van der Waals surface area (Å²) in [6.07, 6.45) is 0. The summed E-state index contributed by atoms with van der Waals surface area (Å²) in [5.41, 5.74) is 3.84. The summed E-state index contributed by atoms with van der Waals surface area (Å²) in [4.78, 5) is 0. The van der Waals surface area contributed by atoms with Crippen LogP contribution in [0.2, 0.25) is 0 Å². The van der Waals surface area contributed by atoms with E-state index in [1.807, 2.05) is 22.7 Å². The van der Waals surface area contributed by atoms with Gasteiger partial charge < -0.3 is 4.57 Å². The summed E-state index contributed by atoms with van der Waals surface area (Å²) < 4.78 is 7.68. The van der Waals surface area contributed by atoms with Gasteiger partial charge in [-0.15, -0.1) is 22.7 Å². The van der Waals surface area contributed by atoms with Crippen molar-refractivity contribution in [3.8, 4) is 5.69 Å². The number of para-hydroxylation sites is 1. The standard InChI is InChI=1S/C18H10BrNS2/c19-15-10-13-17(22-15)18-16(12-8-4-5-9-14(12)21-18)20(13)11-6-2-1-3-7-11/h1-10H. The number of hydrogen-bond acceptors (Lipinski definition) is 2. The minimum Gasteiger partial charge on any atom is -0.307 e. The lowest BCUT2D eigenvalue weighted by Crippen LogP contribution is -1.91. The van der Waals surface area contributed by atoms with E-state index in [4.69, 9.17) is 0 Å². The number of nitrogens with zero attached hydrogens (tertiary/aromatic N) is 1. The molecule has 0 spiro atoms. The Morgan fingerprint density at radius 3 is 2.45 bits per heavy atom. The van der Waals surface area contributed by atoms with E-state index >= 15 is 0 Å². The molecule has 0 aliphatic rings. The number of rotatable bonds is 1. The van der Waals surface area contributed by atoms with Crippen LogP contribution >= 0.6 is 38.6 Å². The second-order valence-electron chi connectivity index (χ2n) is 5.21. The Morgan fingerprint density at radius 1 is 0.818 bits per heavy atom. The van der Waals surface area contributed by atoms with Crippen molar-refractivity contribution in [2.45, 2.75) is 0 Å². The third-order valence-electron chi connectivity index (χ3n) is 3.94. The molecule has 2 aromatic carbocycles. The van der Waals surface area contributed by atoms with Crippen LogP contribution in [-0.2, 0) is 0 Å². The van der Waals surface area contributed by atoms with Gasteiger partial charge >= 0.3 is 0 Å². The second-order valence-corrected chi connectivity index (χ2v) is 8.70. The van der Waals surface area contributed by atoms with Crippen LogP contribution in [0, 0.1) is 0 Å². The molecule has 4 heteroatoms. The van der Waals surface area contributed by atoms with Gasteiger partial charge in [-0.1, -0.05) is 36.4 Å². The Hall–Kier alpha value is -1.62. The lowest BCUT2D eigenvalue weighted by molar-refractivity contribution is 1.19. The molecular formula is C18H10BrNS2. The van der Waals surface area contributed by atoms with E-state index < -0.39 is 0 Å². The predicted octanol–water partition coefficient (Wildman–Crippen LogP) is 6.82. The highest BCUT2D eigenvalue weighted by molar-refractivity contribution is 9.11. The zero-order valence-corrected chi connectivity index (χ0v) is 14.6. The summed E-state index contributed by atoms with van der Waals surface area (Å²) in [6, 6.07) is 21.5. The molecule has 0 amide bonds. The van der Waals surface area contributed by atoms with Crippen molar-refractivity contribution in [3.63, 3.8) is 0 Å². The molecule has 0 saturated carbocycles. The van der Waals surface area contributed by atoms with E-state index in [1.165, 1.54) is 40.0 Å². The molecule has 5 rings (SSSR count). The van der Waals surface area contributed by atoms with Gasteiger partial charge in [0.15, 0.2) is 0 Å². The average molecular weight is 384 g/mol. The normalized spacial score (nSPS) is 11.9. The number of hydrogen-bond donors (Lipinski definition) is 0. The summed E-state index contributed by atoms with van der Waals surface area (Å²) in [7, 11) is 0. The highest BCUT2D eigenvalue weighted by Gasteiger charge is 2.19. The third-order valence-corrected chi connectivity index (χ3v) is 6.89. The first-order valence-electron chi connectivity index (χ1n) is 6.99.